The summed E-state index contributed by atoms with van der Waals surface area (Å²) in [6.07, 6.45) is -4.52. The molecule has 1 amide bonds. The Bertz CT molecular complexity index is 1220. The van der Waals surface area contributed by atoms with Gasteiger partial charge in [0.15, 0.2) is 0 Å². The zero-order valence-electron chi connectivity index (χ0n) is 20.1. The molecular weight excluding hydrogens is 461 g/mol. The van der Waals surface area contributed by atoms with Crippen LogP contribution in [0.25, 0.3) is 5.69 Å². The molecule has 3 aromatic rings. The Labute approximate surface area is 201 Å². The van der Waals surface area contributed by atoms with Gasteiger partial charge in [0.2, 0.25) is 0 Å². The van der Waals surface area contributed by atoms with Crippen molar-refractivity contribution >= 4 is 11.7 Å². The predicted molar refractivity (Wildman–Crippen MR) is 125 cm³/mol. The van der Waals surface area contributed by atoms with Gasteiger partial charge in [-0.05, 0) is 63.8 Å². The van der Waals surface area contributed by atoms with E-state index >= 15 is 0 Å². The number of benzene rings is 2. The van der Waals surface area contributed by atoms with Gasteiger partial charge in [0, 0.05) is 6.54 Å². The quantitative estimate of drug-likeness (QED) is 0.381. The molecule has 0 aliphatic rings. The number of amides is 1. The molecule has 0 saturated heterocycles. The molecule has 0 radical (unpaired) electrons. The van der Waals surface area contributed by atoms with Crippen molar-refractivity contribution in [3.63, 3.8) is 0 Å². The van der Waals surface area contributed by atoms with Crippen molar-refractivity contribution in [2.24, 2.45) is 0 Å². The van der Waals surface area contributed by atoms with E-state index in [1.807, 2.05) is 43.3 Å². The van der Waals surface area contributed by atoms with Crippen LogP contribution in [0.3, 0.4) is 0 Å². The van der Waals surface area contributed by atoms with Crippen molar-refractivity contribution in [3.05, 3.63) is 76.6 Å². The number of halogens is 3. The van der Waals surface area contributed by atoms with Gasteiger partial charge in [-0.3, -0.25) is 9.59 Å². The number of likely N-dealkylation sites (N-methyl/N-ethyl adjacent to an activating group) is 1. The maximum atomic E-state index is 13.1. The molecule has 2 aromatic carbocycles. The van der Waals surface area contributed by atoms with Crippen LogP contribution in [0.1, 0.15) is 38.9 Å². The van der Waals surface area contributed by atoms with Crippen LogP contribution in [-0.2, 0) is 11.0 Å². The van der Waals surface area contributed by atoms with E-state index in [9.17, 15) is 22.8 Å². The number of rotatable bonds is 8. The second kappa shape index (κ2) is 10.3. The highest BCUT2D eigenvalue weighted by Crippen LogP contribution is 2.31. The Kier molecular flexibility index (Phi) is 7.64. The first-order valence-electron chi connectivity index (χ1n) is 10.8. The summed E-state index contributed by atoms with van der Waals surface area (Å²) in [6, 6.07) is 11.8. The monoisotopic (exact) mass is 488 g/mol. The predicted octanol–water partition coefficient (Wildman–Crippen LogP) is 4.12. The first-order chi connectivity index (χ1) is 16.4. The van der Waals surface area contributed by atoms with Crippen molar-refractivity contribution in [1.82, 2.24) is 20.0 Å². The number of aromatic nitrogens is 2. The minimum atomic E-state index is -4.52. The summed E-state index contributed by atoms with van der Waals surface area (Å²) in [5.74, 6) is -0.917. The summed E-state index contributed by atoms with van der Waals surface area (Å²) in [4.78, 5) is 27.6. The third kappa shape index (κ3) is 5.71. The molecule has 0 aliphatic heterocycles. The van der Waals surface area contributed by atoms with Crippen molar-refractivity contribution in [3.8, 4) is 11.4 Å². The van der Waals surface area contributed by atoms with Gasteiger partial charge in [-0.2, -0.15) is 18.3 Å². The number of ketones is 1. The first-order valence-corrected chi connectivity index (χ1v) is 10.8. The minimum absolute atomic E-state index is 0.0609. The molecule has 1 atom stereocenters. The standard InChI is InChI=1S/C25H27F3N4O3/c1-15-22(16(2)32(30-15)19-8-6-7-18(13-19)25(26,27)28)23(33)24(34)29-14-21(31(3)4)17-9-11-20(35-5)12-10-17/h6-13,21H,14H2,1-5H3,(H,29,34). The molecule has 186 valence electrons. The number of carbonyl (C=O) groups is 2. The van der Waals surface area contributed by atoms with Crippen molar-refractivity contribution in [1.29, 1.82) is 0 Å². The van der Waals surface area contributed by atoms with Crippen LogP contribution in [0.4, 0.5) is 13.2 Å². The van der Waals surface area contributed by atoms with Crippen LogP contribution >= 0.6 is 0 Å². The SMILES string of the molecule is COc1ccc(C(CNC(=O)C(=O)c2c(C)nn(-c3cccc(C(F)(F)F)c3)c2C)N(C)C)cc1. The average molecular weight is 489 g/mol. The lowest BCUT2D eigenvalue weighted by atomic mass is 10.0. The summed E-state index contributed by atoms with van der Waals surface area (Å²) >= 11 is 0. The summed E-state index contributed by atoms with van der Waals surface area (Å²) in [5.41, 5.74) is 0.827. The second-order valence-electron chi connectivity index (χ2n) is 8.30. The van der Waals surface area contributed by atoms with Crippen LogP contribution < -0.4 is 10.1 Å². The Morgan fingerprint density at radius 3 is 2.34 bits per heavy atom. The van der Waals surface area contributed by atoms with E-state index in [1.165, 1.54) is 23.7 Å². The molecule has 1 heterocycles. The van der Waals surface area contributed by atoms with Crippen LogP contribution in [0.5, 0.6) is 5.75 Å². The van der Waals surface area contributed by atoms with Crippen LogP contribution in [-0.4, -0.2) is 54.1 Å². The lowest BCUT2D eigenvalue weighted by molar-refractivity contribution is -0.137. The van der Waals surface area contributed by atoms with Crippen molar-refractivity contribution in [2.45, 2.75) is 26.1 Å². The minimum Gasteiger partial charge on any atom is -0.497 e. The molecule has 35 heavy (non-hydrogen) atoms. The molecular formula is C25H27F3N4O3. The Morgan fingerprint density at radius 1 is 1.11 bits per heavy atom. The molecule has 0 bridgehead atoms. The highest BCUT2D eigenvalue weighted by atomic mass is 19.4. The number of aryl methyl sites for hydroxylation is 1. The second-order valence-corrected chi connectivity index (χ2v) is 8.30. The molecule has 0 fully saturated rings. The molecule has 7 nitrogen and oxygen atoms in total. The fraction of sp³-hybridized carbons (Fsp3) is 0.320. The van der Waals surface area contributed by atoms with Gasteiger partial charge in [0.05, 0.1) is 41.4 Å². The third-order valence-corrected chi connectivity index (χ3v) is 5.72. The van der Waals surface area contributed by atoms with Crippen LogP contribution in [0.15, 0.2) is 48.5 Å². The molecule has 1 N–H and O–H groups in total. The Hall–Kier alpha value is -3.66. The summed E-state index contributed by atoms with van der Waals surface area (Å²) in [5, 5.41) is 6.90. The topological polar surface area (TPSA) is 76.5 Å². The number of Topliss-reactive ketones (excluding diaryl/α,β-unsaturated/α-hetero) is 1. The van der Waals surface area contributed by atoms with Gasteiger partial charge in [0.1, 0.15) is 5.75 Å². The fourth-order valence-corrected chi connectivity index (χ4v) is 3.84. The van der Waals surface area contributed by atoms with Gasteiger partial charge in [-0.25, -0.2) is 4.68 Å². The maximum absolute atomic E-state index is 13.1. The molecule has 3 rings (SSSR count). The number of nitrogens with zero attached hydrogens (tertiary/aromatic N) is 3. The number of alkyl halides is 3. The Balaban J connectivity index is 1.80. The van der Waals surface area contributed by atoms with E-state index in [1.54, 1.807) is 14.0 Å². The van der Waals surface area contributed by atoms with E-state index in [0.717, 1.165) is 17.7 Å². The molecule has 0 aliphatic carbocycles. The van der Waals surface area contributed by atoms with E-state index in [2.05, 4.69) is 10.4 Å². The molecule has 0 spiro atoms. The fourth-order valence-electron chi connectivity index (χ4n) is 3.84. The number of nitrogens with one attached hydrogen (secondary N) is 1. The highest BCUT2D eigenvalue weighted by Gasteiger charge is 2.31. The Morgan fingerprint density at radius 2 is 1.77 bits per heavy atom. The number of methoxy groups -OCH3 is 1. The zero-order valence-corrected chi connectivity index (χ0v) is 20.1. The number of ether oxygens (including phenoxy) is 1. The van der Waals surface area contributed by atoms with Gasteiger partial charge >= 0.3 is 6.18 Å². The zero-order chi connectivity index (χ0) is 25.9. The number of carbonyl (C=O) groups excluding carboxylic acids is 2. The van der Waals surface area contributed by atoms with Gasteiger partial charge in [0.25, 0.3) is 11.7 Å². The van der Waals surface area contributed by atoms with Crippen molar-refractivity contribution < 1.29 is 27.5 Å². The normalized spacial score (nSPS) is 12.5. The smallest absolute Gasteiger partial charge is 0.416 e. The number of hydrogen-bond donors (Lipinski definition) is 1. The van der Waals surface area contributed by atoms with Crippen LogP contribution in [0.2, 0.25) is 0 Å². The maximum Gasteiger partial charge on any atom is 0.416 e. The average Bonchev–Trinajstić information content (AvgIpc) is 3.12. The summed E-state index contributed by atoms with van der Waals surface area (Å²) in [7, 11) is 5.29. The largest absolute Gasteiger partial charge is 0.497 e. The summed E-state index contributed by atoms with van der Waals surface area (Å²) in [6.45, 7) is 3.25. The summed E-state index contributed by atoms with van der Waals surface area (Å²) < 4.78 is 45.8. The molecule has 1 aromatic heterocycles. The van der Waals surface area contributed by atoms with Crippen molar-refractivity contribution in [2.75, 3.05) is 27.7 Å². The lowest BCUT2D eigenvalue weighted by Gasteiger charge is -2.25. The third-order valence-electron chi connectivity index (χ3n) is 5.72. The highest BCUT2D eigenvalue weighted by molar-refractivity contribution is 6.43. The lowest BCUT2D eigenvalue weighted by Crippen LogP contribution is -2.38. The van der Waals surface area contributed by atoms with Crippen LogP contribution in [0, 0.1) is 13.8 Å². The van der Waals surface area contributed by atoms with Gasteiger partial charge in [-0.1, -0.05) is 18.2 Å². The van der Waals surface area contributed by atoms with Gasteiger partial charge < -0.3 is 15.0 Å². The molecule has 10 heteroatoms. The van der Waals surface area contributed by atoms with Gasteiger partial charge in [-0.15, -0.1) is 0 Å². The first kappa shape index (κ1) is 26.0. The van der Waals surface area contributed by atoms with E-state index < -0.39 is 23.4 Å². The van der Waals surface area contributed by atoms with E-state index in [-0.39, 0.29) is 35.2 Å². The molecule has 1 unspecified atom stereocenters. The van der Waals surface area contributed by atoms with E-state index in [0.29, 0.717) is 5.75 Å². The molecule has 0 saturated carbocycles. The van der Waals surface area contributed by atoms with E-state index in [4.69, 9.17) is 4.74 Å². The number of hydrogen-bond acceptors (Lipinski definition) is 5.